The highest BCUT2D eigenvalue weighted by atomic mass is 19.4. The number of benzene rings is 2. The van der Waals surface area contributed by atoms with Crippen LogP contribution in [0.5, 0.6) is 11.5 Å². The Hall–Kier alpha value is -2.45. The second-order valence-corrected chi connectivity index (χ2v) is 9.15. The summed E-state index contributed by atoms with van der Waals surface area (Å²) in [7, 11) is 0. The van der Waals surface area contributed by atoms with Gasteiger partial charge in [0.15, 0.2) is 11.6 Å². The zero-order chi connectivity index (χ0) is 25.6. The lowest BCUT2D eigenvalue weighted by molar-refractivity contribution is -0.276. The van der Waals surface area contributed by atoms with Crippen LogP contribution < -0.4 is 9.47 Å². The largest absolute Gasteiger partial charge is 0.573 e. The Morgan fingerprint density at radius 2 is 1.34 bits per heavy atom. The minimum absolute atomic E-state index is 0.212. The SMILES string of the molecule is CCCC[C@H]1CC[C@H](CCc2ccc(C(F)(F)Oc3cc(F)c(OC(F)(F)F)c(F)c3)cc2)CC1. The minimum atomic E-state index is -5.34. The van der Waals surface area contributed by atoms with Crippen LogP contribution in [0.4, 0.5) is 30.7 Å². The van der Waals surface area contributed by atoms with E-state index in [2.05, 4.69) is 16.4 Å². The van der Waals surface area contributed by atoms with Gasteiger partial charge < -0.3 is 9.47 Å². The van der Waals surface area contributed by atoms with E-state index < -0.39 is 41.2 Å². The Morgan fingerprint density at radius 1 is 0.800 bits per heavy atom. The molecule has 194 valence electrons. The van der Waals surface area contributed by atoms with E-state index in [9.17, 15) is 30.7 Å². The highest BCUT2D eigenvalue weighted by molar-refractivity contribution is 5.36. The molecule has 2 aromatic carbocycles. The highest BCUT2D eigenvalue weighted by Gasteiger charge is 2.37. The third kappa shape index (κ3) is 8.04. The van der Waals surface area contributed by atoms with Gasteiger partial charge in [-0.1, -0.05) is 64.0 Å². The number of halogens is 7. The van der Waals surface area contributed by atoms with Gasteiger partial charge >= 0.3 is 12.5 Å². The molecule has 0 aromatic heterocycles. The maximum Gasteiger partial charge on any atom is 0.573 e. The lowest BCUT2D eigenvalue weighted by atomic mass is 9.78. The summed E-state index contributed by atoms with van der Waals surface area (Å²) in [5.41, 5.74) is 0.345. The molecule has 0 aliphatic heterocycles. The van der Waals surface area contributed by atoms with Crippen LogP contribution >= 0.6 is 0 Å². The lowest BCUT2D eigenvalue weighted by Gasteiger charge is -2.28. The number of hydrogen-bond donors (Lipinski definition) is 0. The Kier molecular flexibility index (Phi) is 8.94. The first-order chi connectivity index (χ1) is 16.5. The molecule has 0 saturated heterocycles. The third-order valence-electron chi connectivity index (χ3n) is 6.50. The van der Waals surface area contributed by atoms with E-state index in [0.29, 0.717) is 5.92 Å². The molecule has 0 amide bonds. The van der Waals surface area contributed by atoms with Crippen molar-refractivity contribution in [3.63, 3.8) is 0 Å². The molecule has 0 radical (unpaired) electrons. The van der Waals surface area contributed by atoms with Crippen molar-refractivity contribution >= 4 is 0 Å². The number of hydrogen-bond acceptors (Lipinski definition) is 2. The summed E-state index contributed by atoms with van der Waals surface area (Å²) >= 11 is 0. The maximum atomic E-state index is 14.5. The van der Waals surface area contributed by atoms with Gasteiger partial charge in [0.25, 0.3) is 0 Å². The van der Waals surface area contributed by atoms with Gasteiger partial charge in [-0.05, 0) is 42.4 Å². The van der Waals surface area contributed by atoms with Gasteiger partial charge in [0, 0.05) is 12.1 Å². The van der Waals surface area contributed by atoms with Crippen LogP contribution in [0.3, 0.4) is 0 Å². The molecular weight excluding hydrogens is 477 g/mol. The van der Waals surface area contributed by atoms with E-state index in [1.807, 2.05) is 0 Å². The maximum absolute atomic E-state index is 14.5. The molecule has 1 aliphatic carbocycles. The van der Waals surface area contributed by atoms with Crippen LogP contribution in [0.1, 0.15) is 69.4 Å². The van der Waals surface area contributed by atoms with E-state index in [1.54, 1.807) is 12.1 Å². The molecule has 2 nitrogen and oxygen atoms in total. The monoisotopic (exact) mass is 506 g/mol. The van der Waals surface area contributed by atoms with E-state index in [0.717, 1.165) is 24.3 Å². The van der Waals surface area contributed by atoms with Gasteiger partial charge in [0.05, 0.1) is 5.56 Å². The standard InChI is InChI=1S/C26H29F7O2/c1-2-3-4-17-5-7-18(8-6-17)9-10-19-11-13-20(14-12-19)25(29,30)34-21-15-22(27)24(23(28)16-21)35-26(31,32)33/h11-18H,2-10H2,1H3/t17-,18-. The second-order valence-electron chi connectivity index (χ2n) is 9.15. The number of alkyl halides is 5. The molecule has 3 rings (SSSR count). The lowest BCUT2D eigenvalue weighted by Crippen LogP contribution is -2.22. The number of unbranched alkanes of at least 4 members (excludes halogenated alkanes) is 1. The quantitative estimate of drug-likeness (QED) is 0.300. The van der Waals surface area contributed by atoms with Crippen molar-refractivity contribution < 1.29 is 40.2 Å². The molecule has 0 N–H and O–H groups in total. The van der Waals surface area contributed by atoms with Crippen molar-refractivity contribution in [2.75, 3.05) is 0 Å². The fourth-order valence-electron chi connectivity index (χ4n) is 4.55. The molecule has 2 aromatic rings. The summed E-state index contributed by atoms with van der Waals surface area (Å²) in [6.45, 7) is 2.20. The van der Waals surface area contributed by atoms with Gasteiger partial charge in [-0.2, -0.15) is 8.78 Å². The van der Waals surface area contributed by atoms with E-state index >= 15 is 0 Å². The first-order valence-electron chi connectivity index (χ1n) is 11.9. The van der Waals surface area contributed by atoms with Crippen molar-refractivity contribution in [3.8, 4) is 11.5 Å². The molecule has 9 heteroatoms. The second kappa shape index (κ2) is 11.5. The summed E-state index contributed by atoms with van der Waals surface area (Å²) in [4.78, 5) is 0. The van der Waals surface area contributed by atoms with Crippen molar-refractivity contribution in [1.29, 1.82) is 0 Å². The third-order valence-corrected chi connectivity index (χ3v) is 6.50. The van der Waals surface area contributed by atoms with E-state index in [4.69, 9.17) is 0 Å². The number of rotatable bonds is 10. The Bertz CT molecular complexity index is 926. The fourth-order valence-corrected chi connectivity index (χ4v) is 4.55. The van der Waals surface area contributed by atoms with Crippen LogP contribution in [0.2, 0.25) is 0 Å². The van der Waals surface area contributed by atoms with Crippen LogP contribution in [-0.4, -0.2) is 6.36 Å². The molecule has 0 atom stereocenters. The molecule has 0 bridgehead atoms. The molecule has 0 heterocycles. The first kappa shape index (κ1) is 27.1. The smallest absolute Gasteiger partial charge is 0.429 e. The zero-order valence-electron chi connectivity index (χ0n) is 19.4. The van der Waals surface area contributed by atoms with Crippen LogP contribution in [0.25, 0.3) is 0 Å². The van der Waals surface area contributed by atoms with Crippen molar-refractivity contribution in [2.24, 2.45) is 11.8 Å². The summed E-state index contributed by atoms with van der Waals surface area (Å²) in [6, 6.07) is 5.88. The first-order valence-corrected chi connectivity index (χ1v) is 11.9. The topological polar surface area (TPSA) is 18.5 Å². The van der Waals surface area contributed by atoms with E-state index in [1.165, 1.54) is 57.1 Å². The van der Waals surface area contributed by atoms with Gasteiger partial charge in [-0.15, -0.1) is 13.2 Å². The predicted molar refractivity (Wildman–Crippen MR) is 117 cm³/mol. The minimum Gasteiger partial charge on any atom is -0.429 e. The average molecular weight is 507 g/mol. The summed E-state index contributed by atoms with van der Waals surface area (Å²) in [6.07, 6.45) is 1.11. The Balaban J connectivity index is 1.56. The summed E-state index contributed by atoms with van der Waals surface area (Å²) in [5, 5.41) is 0. The van der Waals surface area contributed by atoms with Crippen molar-refractivity contribution in [1.82, 2.24) is 0 Å². The molecule has 0 spiro atoms. The summed E-state index contributed by atoms with van der Waals surface area (Å²) in [5.74, 6) is -4.90. The van der Waals surface area contributed by atoms with Crippen molar-refractivity contribution in [2.45, 2.75) is 77.2 Å². The molecule has 1 fully saturated rings. The Morgan fingerprint density at radius 3 is 1.86 bits per heavy atom. The molecular formula is C26H29F7O2. The molecule has 35 heavy (non-hydrogen) atoms. The van der Waals surface area contributed by atoms with Crippen LogP contribution in [0.15, 0.2) is 36.4 Å². The van der Waals surface area contributed by atoms with Gasteiger partial charge in [0.2, 0.25) is 5.75 Å². The molecule has 1 saturated carbocycles. The average Bonchev–Trinajstić information content (AvgIpc) is 2.79. The Labute approximate surface area is 200 Å². The van der Waals surface area contributed by atoms with Gasteiger partial charge in [-0.25, -0.2) is 8.78 Å². The summed E-state index contributed by atoms with van der Waals surface area (Å²) < 4.78 is 101. The van der Waals surface area contributed by atoms with Gasteiger partial charge in [-0.3, -0.25) is 0 Å². The fraction of sp³-hybridized carbons (Fsp3) is 0.538. The van der Waals surface area contributed by atoms with Crippen LogP contribution in [0, 0.1) is 23.5 Å². The number of ether oxygens (including phenoxy) is 2. The predicted octanol–water partition coefficient (Wildman–Crippen LogP) is 8.92. The number of aryl methyl sites for hydroxylation is 1. The van der Waals surface area contributed by atoms with Crippen LogP contribution in [-0.2, 0) is 12.5 Å². The zero-order valence-corrected chi connectivity index (χ0v) is 19.4. The van der Waals surface area contributed by atoms with E-state index in [-0.39, 0.29) is 12.1 Å². The highest BCUT2D eigenvalue weighted by Crippen LogP contribution is 2.37. The normalized spacial score (nSPS) is 19.0. The van der Waals surface area contributed by atoms with Gasteiger partial charge in [0.1, 0.15) is 5.75 Å². The molecule has 0 unspecified atom stereocenters. The molecule has 1 aliphatic rings. The van der Waals surface area contributed by atoms with Crippen molar-refractivity contribution in [3.05, 3.63) is 59.2 Å².